The van der Waals surface area contributed by atoms with E-state index in [2.05, 4.69) is 39.6 Å². The minimum absolute atomic E-state index is 0.0234. The van der Waals surface area contributed by atoms with Gasteiger partial charge in [0.2, 0.25) is 5.91 Å². The lowest BCUT2D eigenvalue weighted by atomic mass is 10.1. The number of hydrogen-bond acceptors (Lipinski definition) is 3. The van der Waals surface area contributed by atoms with Gasteiger partial charge in [0.1, 0.15) is 12.4 Å². The molecule has 2 atom stereocenters. The molecule has 2 aromatic carbocycles. The molecule has 1 aliphatic rings. The summed E-state index contributed by atoms with van der Waals surface area (Å²) in [7, 11) is 3.43. The zero-order chi connectivity index (χ0) is 22.4. The fourth-order valence-corrected chi connectivity index (χ4v) is 3.61. The fourth-order valence-electron chi connectivity index (χ4n) is 3.44. The van der Waals surface area contributed by atoms with Gasteiger partial charge in [-0.1, -0.05) is 41.9 Å². The molecule has 1 saturated heterocycles. The molecule has 0 aliphatic carbocycles. The SMILES string of the molecule is CC(NC(=NCC(=O)N(C)C)NC1CCN(c2ccc(F)c(Cl)c2)C1)c1ccccc1. The lowest BCUT2D eigenvalue weighted by Gasteiger charge is -2.23. The van der Waals surface area contributed by atoms with Crippen LogP contribution in [0.1, 0.15) is 24.9 Å². The number of halogens is 2. The van der Waals surface area contributed by atoms with Crippen molar-refractivity contribution in [2.75, 3.05) is 38.6 Å². The van der Waals surface area contributed by atoms with Crippen LogP contribution in [0.5, 0.6) is 0 Å². The molecule has 2 N–H and O–H groups in total. The third kappa shape index (κ3) is 6.34. The Kier molecular flexibility index (Phi) is 7.74. The number of carbonyl (C=O) groups is 1. The van der Waals surface area contributed by atoms with Crippen LogP contribution in [0.4, 0.5) is 10.1 Å². The highest BCUT2D eigenvalue weighted by atomic mass is 35.5. The van der Waals surface area contributed by atoms with Crippen molar-refractivity contribution >= 4 is 29.2 Å². The number of carbonyl (C=O) groups excluding carboxylic acids is 1. The Morgan fingerprint density at radius 1 is 1.29 bits per heavy atom. The van der Waals surface area contributed by atoms with E-state index in [1.165, 1.54) is 11.0 Å². The summed E-state index contributed by atoms with van der Waals surface area (Å²) in [4.78, 5) is 20.2. The zero-order valence-corrected chi connectivity index (χ0v) is 18.9. The molecule has 166 valence electrons. The third-order valence-corrected chi connectivity index (χ3v) is 5.61. The minimum atomic E-state index is -0.418. The maximum absolute atomic E-state index is 13.5. The second-order valence-corrected chi connectivity index (χ2v) is 8.31. The molecule has 0 radical (unpaired) electrons. The molecule has 0 spiro atoms. The summed E-state index contributed by atoms with van der Waals surface area (Å²) in [5.74, 6) is 0.108. The second kappa shape index (κ2) is 10.5. The van der Waals surface area contributed by atoms with Gasteiger partial charge in [-0.25, -0.2) is 9.38 Å². The summed E-state index contributed by atoms with van der Waals surface area (Å²) in [6, 6.07) is 15.0. The standard InChI is InChI=1S/C23H29ClFN5O/c1-16(17-7-5-4-6-8-17)27-23(26-14-22(31)29(2)3)28-18-11-12-30(15-18)19-9-10-21(25)20(24)13-19/h4-10,13,16,18H,11-12,14-15H2,1-3H3,(H2,26,27,28). The van der Waals surface area contributed by atoms with Crippen LogP contribution in [0, 0.1) is 5.82 Å². The molecule has 2 aromatic rings. The minimum Gasteiger partial charge on any atom is -0.369 e. The van der Waals surface area contributed by atoms with Crippen molar-refractivity contribution in [3.63, 3.8) is 0 Å². The Balaban J connectivity index is 1.68. The molecule has 1 amide bonds. The van der Waals surface area contributed by atoms with Gasteiger partial charge in [0, 0.05) is 38.9 Å². The van der Waals surface area contributed by atoms with Crippen molar-refractivity contribution in [3.05, 3.63) is 64.9 Å². The summed E-state index contributed by atoms with van der Waals surface area (Å²) in [6.45, 7) is 3.66. The normalized spacial score (nSPS) is 17.4. The second-order valence-electron chi connectivity index (χ2n) is 7.90. The third-order valence-electron chi connectivity index (χ3n) is 5.32. The number of aliphatic imine (C=N–C) groups is 1. The van der Waals surface area contributed by atoms with E-state index in [0.29, 0.717) is 5.96 Å². The molecular formula is C23H29ClFN5O. The predicted molar refractivity (Wildman–Crippen MR) is 124 cm³/mol. The summed E-state index contributed by atoms with van der Waals surface area (Å²) in [6.07, 6.45) is 0.886. The highest BCUT2D eigenvalue weighted by molar-refractivity contribution is 6.31. The van der Waals surface area contributed by atoms with Gasteiger partial charge in [-0.3, -0.25) is 4.79 Å². The lowest BCUT2D eigenvalue weighted by molar-refractivity contribution is -0.127. The summed E-state index contributed by atoms with van der Waals surface area (Å²) in [5, 5.41) is 6.98. The van der Waals surface area contributed by atoms with Crippen LogP contribution in [0.2, 0.25) is 5.02 Å². The predicted octanol–water partition coefficient (Wildman–Crippen LogP) is 3.44. The van der Waals surface area contributed by atoms with Crippen LogP contribution < -0.4 is 15.5 Å². The first-order chi connectivity index (χ1) is 14.8. The van der Waals surface area contributed by atoms with Crippen molar-refractivity contribution in [2.45, 2.75) is 25.4 Å². The average molecular weight is 446 g/mol. The number of likely N-dealkylation sites (N-methyl/N-ethyl adjacent to an activating group) is 1. The van der Waals surface area contributed by atoms with E-state index in [0.717, 1.165) is 30.8 Å². The van der Waals surface area contributed by atoms with Crippen LogP contribution in [0.15, 0.2) is 53.5 Å². The molecule has 1 fully saturated rings. The van der Waals surface area contributed by atoms with Crippen molar-refractivity contribution in [3.8, 4) is 0 Å². The molecule has 0 saturated carbocycles. The monoisotopic (exact) mass is 445 g/mol. The van der Waals surface area contributed by atoms with Gasteiger partial charge in [-0.2, -0.15) is 0 Å². The maximum Gasteiger partial charge on any atom is 0.243 e. The molecule has 1 heterocycles. The number of benzene rings is 2. The van der Waals surface area contributed by atoms with Crippen LogP contribution in [0.25, 0.3) is 0 Å². The van der Waals surface area contributed by atoms with Gasteiger partial charge < -0.3 is 20.4 Å². The van der Waals surface area contributed by atoms with Crippen LogP contribution in [0.3, 0.4) is 0 Å². The molecule has 0 bridgehead atoms. The molecule has 6 nitrogen and oxygen atoms in total. The molecule has 3 rings (SSSR count). The van der Waals surface area contributed by atoms with Gasteiger partial charge in [-0.05, 0) is 37.1 Å². The van der Waals surface area contributed by atoms with E-state index in [1.54, 1.807) is 26.2 Å². The first-order valence-corrected chi connectivity index (χ1v) is 10.7. The van der Waals surface area contributed by atoms with Gasteiger partial charge in [0.25, 0.3) is 0 Å². The van der Waals surface area contributed by atoms with Gasteiger partial charge >= 0.3 is 0 Å². The largest absolute Gasteiger partial charge is 0.369 e. The number of nitrogens with zero attached hydrogens (tertiary/aromatic N) is 3. The van der Waals surface area contributed by atoms with Crippen LogP contribution in [-0.2, 0) is 4.79 Å². The maximum atomic E-state index is 13.5. The van der Waals surface area contributed by atoms with E-state index >= 15 is 0 Å². The Labute approximate surface area is 188 Å². The number of rotatable bonds is 6. The van der Waals surface area contributed by atoms with Gasteiger partial charge in [0.15, 0.2) is 5.96 Å². The van der Waals surface area contributed by atoms with Gasteiger partial charge in [0.05, 0.1) is 11.1 Å². The Bertz CT molecular complexity index is 921. The van der Waals surface area contributed by atoms with Crippen LogP contribution >= 0.6 is 11.6 Å². The first-order valence-electron chi connectivity index (χ1n) is 10.4. The quantitative estimate of drug-likeness (QED) is 0.528. The van der Waals surface area contributed by atoms with Crippen molar-refractivity contribution in [2.24, 2.45) is 4.99 Å². The van der Waals surface area contributed by atoms with E-state index in [4.69, 9.17) is 11.6 Å². The van der Waals surface area contributed by atoms with E-state index in [1.807, 2.05) is 18.2 Å². The highest BCUT2D eigenvalue weighted by Gasteiger charge is 2.24. The van der Waals surface area contributed by atoms with Crippen molar-refractivity contribution in [1.29, 1.82) is 0 Å². The van der Waals surface area contributed by atoms with E-state index in [9.17, 15) is 9.18 Å². The molecule has 8 heteroatoms. The highest BCUT2D eigenvalue weighted by Crippen LogP contribution is 2.25. The summed E-state index contributed by atoms with van der Waals surface area (Å²) < 4.78 is 13.5. The van der Waals surface area contributed by atoms with Gasteiger partial charge in [-0.15, -0.1) is 0 Å². The number of hydrogen-bond donors (Lipinski definition) is 2. The van der Waals surface area contributed by atoms with E-state index < -0.39 is 5.82 Å². The topological polar surface area (TPSA) is 60.0 Å². The molecule has 2 unspecified atom stereocenters. The molecule has 1 aliphatic heterocycles. The number of amides is 1. The zero-order valence-electron chi connectivity index (χ0n) is 18.1. The van der Waals surface area contributed by atoms with E-state index in [-0.39, 0.29) is 29.6 Å². The number of guanidine groups is 1. The number of nitrogens with one attached hydrogen (secondary N) is 2. The lowest BCUT2D eigenvalue weighted by Crippen LogP contribution is -2.46. The Morgan fingerprint density at radius 2 is 2.03 bits per heavy atom. The molecular weight excluding hydrogens is 417 g/mol. The smallest absolute Gasteiger partial charge is 0.243 e. The summed E-state index contributed by atoms with van der Waals surface area (Å²) >= 11 is 5.94. The Morgan fingerprint density at radius 3 is 2.71 bits per heavy atom. The molecule has 31 heavy (non-hydrogen) atoms. The average Bonchev–Trinajstić information content (AvgIpc) is 3.22. The Hall–Kier alpha value is -2.80. The fraction of sp³-hybridized carbons (Fsp3) is 0.391. The van der Waals surface area contributed by atoms with Crippen molar-refractivity contribution < 1.29 is 9.18 Å². The van der Waals surface area contributed by atoms with Crippen molar-refractivity contribution in [1.82, 2.24) is 15.5 Å². The first kappa shape index (κ1) is 22.9. The number of anilines is 1. The van der Waals surface area contributed by atoms with Crippen LogP contribution in [-0.4, -0.2) is 56.5 Å². The molecule has 0 aromatic heterocycles. The summed E-state index contributed by atoms with van der Waals surface area (Å²) in [5.41, 5.74) is 2.02.